The third-order valence-corrected chi connectivity index (χ3v) is 3.02. The Balaban J connectivity index is 1.62. The van der Waals surface area contributed by atoms with Gasteiger partial charge in [-0.25, -0.2) is 0 Å². The van der Waals surface area contributed by atoms with Gasteiger partial charge in [0.25, 0.3) is 0 Å². The predicted molar refractivity (Wildman–Crippen MR) is 55.6 cm³/mol. The van der Waals surface area contributed by atoms with E-state index in [1.54, 1.807) is 0 Å². The summed E-state index contributed by atoms with van der Waals surface area (Å²) in [6, 6.07) is 0. The summed E-state index contributed by atoms with van der Waals surface area (Å²) in [5.41, 5.74) is 0. The number of nitrogens with zero attached hydrogens (tertiary/aromatic N) is 2. The van der Waals surface area contributed by atoms with Crippen LogP contribution in [-0.2, 0) is 0 Å². The van der Waals surface area contributed by atoms with Crippen molar-refractivity contribution in [2.45, 2.75) is 25.7 Å². The van der Waals surface area contributed by atoms with Crippen molar-refractivity contribution in [3.05, 3.63) is 12.3 Å². The van der Waals surface area contributed by atoms with Gasteiger partial charge in [0.2, 0.25) is 0 Å². The van der Waals surface area contributed by atoms with Gasteiger partial charge in [-0.3, -0.25) is 4.90 Å². The molecule has 0 bridgehead atoms. The molecule has 74 valence electrons. The van der Waals surface area contributed by atoms with E-state index in [9.17, 15) is 0 Å². The molecule has 0 saturated carbocycles. The minimum absolute atomic E-state index is 1.16. The number of rotatable bonds is 3. The fraction of sp³-hybridized carbons (Fsp3) is 0.818. The van der Waals surface area contributed by atoms with Crippen LogP contribution in [0, 0.1) is 0 Å². The van der Waals surface area contributed by atoms with Crippen LogP contribution in [0.1, 0.15) is 25.7 Å². The molecular formula is C11H20N2. The molecule has 0 unspecified atom stereocenters. The molecule has 0 radical (unpaired) electrons. The second-order valence-corrected chi connectivity index (χ2v) is 4.14. The maximum Gasteiger partial charge on any atom is 0.0189 e. The Labute approximate surface area is 81.2 Å². The lowest BCUT2D eigenvalue weighted by Crippen LogP contribution is -2.33. The lowest BCUT2D eigenvalue weighted by Gasteiger charge is -2.30. The molecule has 0 spiro atoms. The summed E-state index contributed by atoms with van der Waals surface area (Å²) in [5.74, 6) is 0. The van der Waals surface area contributed by atoms with Gasteiger partial charge in [0.1, 0.15) is 0 Å². The SMILES string of the molecule is C(=C\N1CCC1)/CN1CCCCC1. The summed E-state index contributed by atoms with van der Waals surface area (Å²) in [7, 11) is 0. The molecule has 0 amide bonds. The van der Waals surface area contributed by atoms with Gasteiger partial charge in [-0.2, -0.15) is 0 Å². The van der Waals surface area contributed by atoms with Crippen LogP contribution >= 0.6 is 0 Å². The lowest BCUT2D eigenvalue weighted by atomic mass is 10.1. The summed E-state index contributed by atoms with van der Waals surface area (Å²) < 4.78 is 0. The number of hydrogen-bond donors (Lipinski definition) is 0. The molecule has 2 heterocycles. The van der Waals surface area contributed by atoms with E-state index in [0.29, 0.717) is 0 Å². The van der Waals surface area contributed by atoms with E-state index in [1.165, 1.54) is 51.9 Å². The standard InChI is InChI=1S/C11H20N2/c1-2-6-12(7-3-1)8-4-9-13-10-5-11-13/h4,9H,1-3,5-8,10-11H2/b9-4+. The third-order valence-electron chi connectivity index (χ3n) is 3.02. The predicted octanol–water partition coefficient (Wildman–Crippen LogP) is 1.69. The average Bonchev–Trinajstić information content (AvgIpc) is 2.11. The van der Waals surface area contributed by atoms with Gasteiger partial charge in [-0.1, -0.05) is 12.5 Å². The van der Waals surface area contributed by atoms with Gasteiger partial charge in [0, 0.05) is 19.6 Å². The van der Waals surface area contributed by atoms with Crippen LogP contribution in [0.25, 0.3) is 0 Å². The Kier molecular flexibility index (Phi) is 3.25. The molecule has 0 atom stereocenters. The minimum atomic E-state index is 1.16. The van der Waals surface area contributed by atoms with Crippen LogP contribution in [0.3, 0.4) is 0 Å². The van der Waals surface area contributed by atoms with Crippen LogP contribution in [0.15, 0.2) is 12.3 Å². The largest absolute Gasteiger partial charge is 0.377 e. The van der Waals surface area contributed by atoms with Crippen molar-refractivity contribution in [1.82, 2.24) is 9.80 Å². The van der Waals surface area contributed by atoms with Gasteiger partial charge >= 0.3 is 0 Å². The minimum Gasteiger partial charge on any atom is -0.377 e. The van der Waals surface area contributed by atoms with E-state index in [4.69, 9.17) is 0 Å². The number of piperidine rings is 1. The second-order valence-electron chi connectivity index (χ2n) is 4.14. The van der Waals surface area contributed by atoms with E-state index in [1.807, 2.05) is 0 Å². The maximum atomic E-state index is 2.56. The molecule has 2 nitrogen and oxygen atoms in total. The first-order chi connectivity index (χ1) is 6.45. The monoisotopic (exact) mass is 180 g/mol. The first-order valence-corrected chi connectivity index (χ1v) is 5.58. The first kappa shape index (κ1) is 9.07. The molecule has 2 rings (SSSR count). The topological polar surface area (TPSA) is 6.48 Å². The normalized spacial score (nSPS) is 25.1. The Morgan fingerprint density at radius 3 is 2.23 bits per heavy atom. The van der Waals surface area contributed by atoms with E-state index in [0.717, 1.165) is 6.54 Å². The zero-order valence-electron chi connectivity index (χ0n) is 8.41. The molecule has 2 aliphatic rings. The highest BCUT2D eigenvalue weighted by Gasteiger charge is 2.09. The lowest BCUT2D eigenvalue weighted by molar-refractivity contribution is 0.242. The van der Waals surface area contributed by atoms with Crippen molar-refractivity contribution in [3.63, 3.8) is 0 Å². The van der Waals surface area contributed by atoms with Gasteiger partial charge in [0.15, 0.2) is 0 Å². The molecular weight excluding hydrogens is 160 g/mol. The summed E-state index contributed by atoms with van der Waals surface area (Å²) in [4.78, 5) is 4.95. The molecule has 2 aliphatic heterocycles. The average molecular weight is 180 g/mol. The fourth-order valence-electron chi connectivity index (χ4n) is 1.98. The summed E-state index contributed by atoms with van der Waals surface area (Å²) in [5, 5.41) is 0. The van der Waals surface area contributed by atoms with Crippen LogP contribution in [-0.4, -0.2) is 42.5 Å². The highest BCUT2D eigenvalue weighted by Crippen LogP contribution is 2.09. The van der Waals surface area contributed by atoms with Crippen LogP contribution < -0.4 is 0 Å². The summed E-state index contributed by atoms with van der Waals surface area (Å²) >= 11 is 0. The van der Waals surface area contributed by atoms with Crippen LogP contribution in [0.4, 0.5) is 0 Å². The van der Waals surface area contributed by atoms with E-state index >= 15 is 0 Å². The molecule has 2 saturated heterocycles. The van der Waals surface area contributed by atoms with Gasteiger partial charge in [-0.15, -0.1) is 0 Å². The zero-order valence-corrected chi connectivity index (χ0v) is 8.41. The molecule has 0 aromatic rings. The zero-order chi connectivity index (χ0) is 8.93. The van der Waals surface area contributed by atoms with Crippen molar-refractivity contribution in [2.75, 3.05) is 32.7 Å². The van der Waals surface area contributed by atoms with E-state index < -0.39 is 0 Å². The second kappa shape index (κ2) is 4.66. The smallest absolute Gasteiger partial charge is 0.0189 e. The van der Waals surface area contributed by atoms with Crippen molar-refractivity contribution >= 4 is 0 Å². The van der Waals surface area contributed by atoms with E-state index in [-0.39, 0.29) is 0 Å². The molecule has 0 aromatic carbocycles. The Morgan fingerprint density at radius 2 is 1.62 bits per heavy atom. The van der Waals surface area contributed by atoms with Crippen molar-refractivity contribution in [2.24, 2.45) is 0 Å². The van der Waals surface area contributed by atoms with Crippen molar-refractivity contribution in [1.29, 1.82) is 0 Å². The van der Waals surface area contributed by atoms with Gasteiger partial charge in [0.05, 0.1) is 0 Å². The Hall–Kier alpha value is -0.500. The molecule has 2 fully saturated rings. The highest BCUT2D eigenvalue weighted by molar-refractivity contribution is 4.89. The van der Waals surface area contributed by atoms with Crippen molar-refractivity contribution < 1.29 is 0 Å². The molecule has 2 heteroatoms. The fourth-order valence-corrected chi connectivity index (χ4v) is 1.98. The van der Waals surface area contributed by atoms with Gasteiger partial charge < -0.3 is 4.90 Å². The molecule has 0 N–H and O–H groups in total. The third kappa shape index (κ3) is 2.73. The Bertz CT molecular complexity index is 167. The molecule has 13 heavy (non-hydrogen) atoms. The highest BCUT2D eigenvalue weighted by atomic mass is 15.2. The first-order valence-electron chi connectivity index (χ1n) is 5.58. The van der Waals surface area contributed by atoms with E-state index in [2.05, 4.69) is 22.1 Å². The quantitative estimate of drug-likeness (QED) is 0.652. The van der Waals surface area contributed by atoms with Crippen LogP contribution in [0.5, 0.6) is 0 Å². The molecule has 0 aliphatic carbocycles. The van der Waals surface area contributed by atoms with Crippen molar-refractivity contribution in [3.8, 4) is 0 Å². The Morgan fingerprint density at radius 1 is 0.846 bits per heavy atom. The van der Waals surface area contributed by atoms with Crippen LogP contribution in [0.2, 0.25) is 0 Å². The number of likely N-dealkylation sites (tertiary alicyclic amines) is 2. The molecule has 0 aromatic heterocycles. The van der Waals surface area contributed by atoms with Gasteiger partial charge in [-0.05, 0) is 38.6 Å². The summed E-state index contributed by atoms with van der Waals surface area (Å²) in [6.45, 7) is 6.33. The number of hydrogen-bond acceptors (Lipinski definition) is 2. The summed E-state index contributed by atoms with van der Waals surface area (Å²) in [6.07, 6.45) is 10.2. The maximum absolute atomic E-state index is 2.56.